The molecule has 4 bridgehead atoms. The summed E-state index contributed by atoms with van der Waals surface area (Å²) in [6.07, 6.45) is 7.22. The first-order valence-corrected chi connectivity index (χ1v) is 15.3. The van der Waals surface area contributed by atoms with Crippen LogP contribution < -0.4 is 15.1 Å². The van der Waals surface area contributed by atoms with Gasteiger partial charge in [-0.2, -0.15) is 0 Å². The molecule has 9 nitrogen and oxygen atoms in total. The van der Waals surface area contributed by atoms with Gasteiger partial charge in [0.2, 0.25) is 5.95 Å². The Balaban J connectivity index is 1.13. The van der Waals surface area contributed by atoms with Crippen LogP contribution >= 0.6 is 0 Å². The lowest BCUT2D eigenvalue weighted by molar-refractivity contribution is -0.136. The number of sulfone groups is 1. The standard InChI is InChI=1S/C27H34FN5O4S/c1-16-15-32(23-4-3-20(11-21(23)28)38(2,36)37)7-8-33(16)26-29-6-5-22(30-26)25(34)31-24-18-9-17-10-19(24)14-27(35,12-17)13-18/h3-6,11,16-19,24,35H,7-10,12-15H2,1-2H3,(H,31,34). The number of anilines is 2. The summed E-state index contributed by atoms with van der Waals surface area (Å²) in [5.74, 6) is 0.880. The van der Waals surface area contributed by atoms with Crippen LogP contribution in [0.2, 0.25) is 0 Å². The van der Waals surface area contributed by atoms with E-state index >= 15 is 0 Å². The van der Waals surface area contributed by atoms with Crippen LogP contribution in [0, 0.1) is 23.6 Å². The number of rotatable bonds is 5. The van der Waals surface area contributed by atoms with Crippen molar-refractivity contribution in [3.05, 3.63) is 42.0 Å². The third-order valence-corrected chi connectivity index (χ3v) is 10.1. The maximum Gasteiger partial charge on any atom is 0.270 e. The van der Waals surface area contributed by atoms with Crippen molar-refractivity contribution in [3.8, 4) is 0 Å². The molecule has 4 aliphatic carbocycles. The first-order valence-electron chi connectivity index (χ1n) is 13.4. The smallest absolute Gasteiger partial charge is 0.270 e. The van der Waals surface area contributed by atoms with Crippen molar-refractivity contribution in [2.75, 3.05) is 35.7 Å². The van der Waals surface area contributed by atoms with Crippen LogP contribution in [0.4, 0.5) is 16.0 Å². The molecule has 0 radical (unpaired) electrons. The van der Waals surface area contributed by atoms with E-state index in [9.17, 15) is 22.7 Å². The molecule has 0 spiro atoms. The molecule has 3 atom stereocenters. The topological polar surface area (TPSA) is 116 Å². The van der Waals surface area contributed by atoms with E-state index in [2.05, 4.69) is 15.3 Å². The van der Waals surface area contributed by atoms with Crippen molar-refractivity contribution >= 4 is 27.4 Å². The van der Waals surface area contributed by atoms with Gasteiger partial charge in [-0.05, 0) is 81.0 Å². The number of nitrogens with one attached hydrogen (secondary N) is 1. The van der Waals surface area contributed by atoms with Crippen LogP contribution in [0.3, 0.4) is 0 Å². The Labute approximate surface area is 222 Å². The molecule has 38 heavy (non-hydrogen) atoms. The Morgan fingerprint density at radius 2 is 1.89 bits per heavy atom. The van der Waals surface area contributed by atoms with Crippen molar-refractivity contribution in [1.29, 1.82) is 0 Å². The van der Waals surface area contributed by atoms with Crippen molar-refractivity contribution in [2.24, 2.45) is 17.8 Å². The molecule has 5 fully saturated rings. The number of hydrogen-bond donors (Lipinski definition) is 2. The Morgan fingerprint density at radius 3 is 2.53 bits per heavy atom. The maximum absolute atomic E-state index is 14.8. The molecule has 2 N–H and O–H groups in total. The lowest BCUT2D eigenvalue weighted by atomic mass is 9.52. The van der Waals surface area contributed by atoms with Gasteiger partial charge in [-0.25, -0.2) is 22.8 Å². The van der Waals surface area contributed by atoms with Gasteiger partial charge < -0.3 is 20.2 Å². The highest BCUT2D eigenvalue weighted by Crippen LogP contribution is 2.55. The second-order valence-electron chi connectivity index (χ2n) is 11.8. The molecule has 1 aromatic heterocycles. The molecule has 1 saturated heterocycles. The van der Waals surface area contributed by atoms with Gasteiger partial charge in [-0.15, -0.1) is 0 Å². The van der Waals surface area contributed by atoms with Gasteiger partial charge in [0.1, 0.15) is 11.5 Å². The molecule has 1 aromatic carbocycles. The number of amides is 1. The van der Waals surface area contributed by atoms with Gasteiger partial charge in [0.05, 0.1) is 16.2 Å². The minimum atomic E-state index is -3.48. The molecule has 4 saturated carbocycles. The highest BCUT2D eigenvalue weighted by molar-refractivity contribution is 7.90. The predicted octanol–water partition coefficient (Wildman–Crippen LogP) is 2.40. The number of piperazine rings is 1. The van der Waals surface area contributed by atoms with E-state index in [-0.39, 0.29) is 22.9 Å². The van der Waals surface area contributed by atoms with E-state index < -0.39 is 21.3 Å². The van der Waals surface area contributed by atoms with E-state index in [1.807, 2.05) is 16.7 Å². The van der Waals surface area contributed by atoms with Gasteiger partial charge in [0.25, 0.3) is 5.91 Å². The van der Waals surface area contributed by atoms with Gasteiger partial charge >= 0.3 is 0 Å². The molecule has 204 valence electrons. The third-order valence-electron chi connectivity index (χ3n) is 8.99. The van der Waals surface area contributed by atoms with E-state index in [0.29, 0.717) is 54.7 Å². The van der Waals surface area contributed by atoms with E-state index in [0.717, 1.165) is 44.4 Å². The lowest BCUT2D eigenvalue weighted by Crippen LogP contribution is -2.61. The van der Waals surface area contributed by atoms with Crippen molar-refractivity contribution in [3.63, 3.8) is 0 Å². The molecule has 7 rings (SSSR count). The van der Waals surface area contributed by atoms with Crippen LogP contribution in [0.5, 0.6) is 0 Å². The zero-order valence-electron chi connectivity index (χ0n) is 21.7. The fraction of sp³-hybridized carbons (Fsp3) is 0.593. The van der Waals surface area contributed by atoms with E-state index in [1.54, 1.807) is 12.3 Å². The molecule has 2 heterocycles. The summed E-state index contributed by atoms with van der Waals surface area (Å²) >= 11 is 0. The van der Waals surface area contributed by atoms with Crippen LogP contribution in [0.15, 0.2) is 35.4 Å². The summed E-state index contributed by atoms with van der Waals surface area (Å²) in [6, 6.07) is 5.64. The number of halogens is 1. The Hall–Kier alpha value is -2.79. The third kappa shape index (κ3) is 4.64. The number of aliphatic hydroxyl groups is 1. The monoisotopic (exact) mass is 543 g/mol. The molecule has 5 aliphatic rings. The largest absolute Gasteiger partial charge is 0.390 e. The molecule has 2 aromatic rings. The summed E-state index contributed by atoms with van der Waals surface area (Å²) in [7, 11) is -3.48. The molecular formula is C27H34FN5O4S. The summed E-state index contributed by atoms with van der Waals surface area (Å²) in [4.78, 5) is 26.1. The van der Waals surface area contributed by atoms with Crippen molar-refractivity contribution < 1.29 is 22.7 Å². The van der Waals surface area contributed by atoms with Crippen LogP contribution in [-0.2, 0) is 9.84 Å². The molecule has 1 aliphatic heterocycles. The van der Waals surface area contributed by atoms with Gasteiger partial charge in [-0.1, -0.05) is 0 Å². The van der Waals surface area contributed by atoms with Gasteiger partial charge in [-0.3, -0.25) is 4.79 Å². The minimum Gasteiger partial charge on any atom is -0.390 e. The van der Waals surface area contributed by atoms with Gasteiger partial charge in [0.15, 0.2) is 9.84 Å². The summed E-state index contributed by atoms with van der Waals surface area (Å²) in [6.45, 7) is 3.50. The van der Waals surface area contributed by atoms with Gasteiger partial charge in [0, 0.05) is 44.2 Å². The van der Waals surface area contributed by atoms with E-state index in [1.165, 1.54) is 12.1 Å². The number of nitrogens with zero attached hydrogens (tertiary/aromatic N) is 4. The van der Waals surface area contributed by atoms with Crippen molar-refractivity contribution in [1.82, 2.24) is 15.3 Å². The summed E-state index contributed by atoms with van der Waals surface area (Å²) in [5, 5.41) is 14.1. The molecular weight excluding hydrogens is 509 g/mol. The molecule has 3 unspecified atom stereocenters. The zero-order chi connectivity index (χ0) is 26.8. The van der Waals surface area contributed by atoms with Crippen LogP contribution in [0.25, 0.3) is 0 Å². The average Bonchev–Trinajstić information content (AvgIpc) is 2.84. The highest BCUT2D eigenvalue weighted by Gasteiger charge is 2.55. The normalized spacial score (nSPS) is 32.5. The maximum atomic E-state index is 14.8. The van der Waals surface area contributed by atoms with Crippen LogP contribution in [-0.4, -0.2) is 73.0 Å². The molecule has 1 amide bonds. The Bertz CT molecular complexity index is 1350. The summed E-state index contributed by atoms with van der Waals surface area (Å²) in [5.41, 5.74) is 0.134. The number of benzene rings is 1. The molecule has 11 heteroatoms. The number of aromatic nitrogens is 2. The number of carbonyl (C=O) groups is 1. The first kappa shape index (κ1) is 25.5. The first-order chi connectivity index (χ1) is 18.0. The number of carbonyl (C=O) groups excluding carboxylic acids is 1. The SMILES string of the molecule is CC1CN(c2ccc(S(C)(=O)=O)cc2F)CCN1c1nccc(C(=O)NC2C3CC4CC2CC(O)(C4)C3)n1. The fourth-order valence-corrected chi connectivity index (χ4v) is 8.14. The van der Waals surface area contributed by atoms with Crippen molar-refractivity contribution in [2.45, 2.75) is 61.6 Å². The Morgan fingerprint density at radius 1 is 1.16 bits per heavy atom. The highest BCUT2D eigenvalue weighted by atomic mass is 32.2. The fourth-order valence-electron chi connectivity index (χ4n) is 7.50. The second kappa shape index (κ2) is 9.15. The predicted molar refractivity (Wildman–Crippen MR) is 140 cm³/mol. The Kier molecular flexibility index (Phi) is 6.14. The lowest BCUT2D eigenvalue weighted by Gasteiger charge is -2.58. The van der Waals surface area contributed by atoms with Crippen LogP contribution in [0.1, 0.15) is 49.5 Å². The quantitative estimate of drug-likeness (QED) is 0.591. The number of hydrogen-bond acceptors (Lipinski definition) is 8. The minimum absolute atomic E-state index is 0.0431. The zero-order valence-corrected chi connectivity index (χ0v) is 22.5. The second-order valence-corrected chi connectivity index (χ2v) is 13.8. The van der Waals surface area contributed by atoms with E-state index in [4.69, 9.17) is 0 Å². The summed E-state index contributed by atoms with van der Waals surface area (Å²) < 4.78 is 38.3. The average molecular weight is 544 g/mol.